The number of sulfonamides is 1. The highest BCUT2D eigenvalue weighted by atomic mass is 32.2. The Bertz CT molecular complexity index is 732. The van der Waals surface area contributed by atoms with E-state index in [1.165, 1.54) is 10.4 Å². The number of carbonyl (C=O) groups excluding carboxylic acids is 1. The molecule has 132 valence electrons. The maximum absolute atomic E-state index is 12.7. The number of amides is 1. The van der Waals surface area contributed by atoms with Crippen molar-refractivity contribution >= 4 is 33.2 Å². The molecule has 2 aliphatic rings. The van der Waals surface area contributed by atoms with Gasteiger partial charge in [0.2, 0.25) is 10.0 Å². The van der Waals surface area contributed by atoms with E-state index in [1.54, 1.807) is 5.38 Å². The van der Waals surface area contributed by atoms with Gasteiger partial charge in [-0.15, -0.1) is 11.3 Å². The summed E-state index contributed by atoms with van der Waals surface area (Å²) in [7, 11) is -3.73. The third kappa shape index (κ3) is 3.32. The maximum atomic E-state index is 12.7. The van der Waals surface area contributed by atoms with Gasteiger partial charge in [-0.05, 0) is 24.3 Å². The summed E-state index contributed by atoms with van der Waals surface area (Å²) in [6, 6.07) is 1.21. The lowest BCUT2D eigenvalue weighted by Crippen LogP contribution is -2.47. The van der Waals surface area contributed by atoms with E-state index in [1.807, 2.05) is 0 Å². The highest BCUT2D eigenvalue weighted by Gasteiger charge is 2.37. The van der Waals surface area contributed by atoms with Gasteiger partial charge in [0.25, 0.3) is 5.91 Å². The maximum Gasteiger partial charge on any atom is 0.306 e. The van der Waals surface area contributed by atoms with Gasteiger partial charge in [0.1, 0.15) is 9.77 Å². The van der Waals surface area contributed by atoms with E-state index in [0.717, 1.165) is 11.3 Å². The molecule has 1 aliphatic heterocycles. The first kappa shape index (κ1) is 17.3. The number of hydrogen-bond acceptors (Lipinski definition) is 6. The zero-order valence-corrected chi connectivity index (χ0v) is 14.4. The van der Waals surface area contributed by atoms with E-state index in [0.29, 0.717) is 26.1 Å². The van der Waals surface area contributed by atoms with Crippen molar-refractivity contribution in [1.29, 1.82) is 0 Å². The molecule has 2 N–H and O–H groups in total. The van der Waals surface area contributed by atoms with E-state index >= 15 is 0 Å². The summed E-state index contributed by atoms with van der Waals surface area (Å²) in [5, 5.41) is 13.2. The van der Waals surface area contributed by atoms with Gasteiger partial charge in [-0.1, -0.05) is 0 Å². The molecule has 1 aromatic rings. The quantitative estimate of drug-likeness (QED) is 0.769. The zero-order chi connectivity index (χ0) is 17.3. The van der Waals surface area contributed by atoms with Crippen LogP contribution in [-0.4, -0.2) is 62.1 Å². The number of thiophene rings is 1. The molecule has 1 aromatic heterocycles. The predicted molar refractivity (Wildman–Crippen MR) is 85.5 cm³/mol. The van der Waals surface area contributed by atoms with Crippen LogP contribution in [0, 0.1) is 5.92 Å². The van der Waals surface area contributed by atoms with Gasteiger partial charge in [0.05, 0.1) is 19.1 Å². The highest BCUT2D eigenvalue weighted by Crippen LogP contribution is 2.30. The molecule has 24 heavy (non-hydrogen) atoms. The van der Waals surface area contributed by atoms with Crippen molar-refractivity contribution in [3.63, 3.8) is 0 Å². The Morgan fingerprint density at radius 3 is 2.58 bits per heavy atom. The van der Waals surface area contributed by atoms with Crippen LogP contribution in [0.3, 0.4) is 0 Å². The van der Waals surface area contributed by atoms with Crippen LogP contribution in [0.15, 0.2) is 16.3 Å². The van der Waals surface area contributed by atoms with Crippen LogP contribution in [0.5, 0.6) is 0 Å². The van der Waals surface area contributed by atoms with Crippen molar-refractivity contribution in [1.82, 2.24) is 9.62 Å². The lowest BCUT2D eigenvalue weighted by molar-refractivity contribution is -0.145. The van der Waals surface area contributed by atoms with Gasteiger partial charge >= 0.3 is 5.97 Å². The van der Waals surface area contributed by atoms with Crippen LogP contribution in [0.4, 0.5) is 0 Å². The molecular formula is C14H18N2O6S2. The first-order valence-corrected chi connectivity index (χ1v) is 9.90. The minimum absolute atomic E-state index is 0.000933. The molecule has 8 nitrogen and oxygen atoms in total. The van der Waals surface area contributed by atoms with Gasteiger partial charge in [0, 0.05) is 19.1 Å². The summed E-state index contributed by atoms with van der Waals surface area (Å²) in [6.45, 7) is 1.21. The fraction of sp³-hybridized carbons (Fsp3) is 0.571. The molecule has 0 aromatic carbocycles. The number of nitrogens with one attached hydrogen (secondary N) is 1. The number of nitrogens with zero attached hydrogens (tertiary/aromatic N) is 1. The van der Waals surface area contributed by atoms with Crippen molar-refractivity contribution in [3.05, 3.63) is 16.3 Å². The Morgan fingerprint density at radius 2 is 1.96 bits per heavy atom. The lowest BCUT2D eigenvalue weighted by atomic mass is 9.80. The number of morpholine rings is 1. The molecule has 0 radical (unpaired) electrons. The van der Waals surface area contributed by atoms with Crippen LogP contribution in [0.2, 0.25) is 0 Å². The Kier molecular flexibility index (Phi) is 4.90. The van der Waals surface area contributed by atoms with Crippen LogP contribution < -0.4 is 5.32 Å². The molecule has 1 saturated carbocycles. The molecule has 1 aliphatic carbocycles. The number of ether oxygens (including phenoxy) is 1. The minimum atomic E-state index is -3.73. The normalized spacial score (nSPS) is 25.0. The average Bonchev–Trinajstić information content (AvgIpc) is 3.01. The third-order valence-corrected chi connectivity index (χ3v) is 7.23. The van der Waals surface area contributed by atoms with Crippen molar-refractivity contribution in [3.8, 4) is 0 Å². The van der Waals surface area contributed by atoms with E-state index in [-0.39, 0.29) is 28.9 Å². The number of carboxylic acid groups (broad SMARTS) is 1. The summed E-state index contributed by atoms with van der Waals surface area (Å²) < 4.78 is 31.9. The molecule has 1 amide bonds. The highest BCUT2D eigenvalue weighted by molar-refractivity contribution is 7.89. The van der Waals surface area contributed by atoms with Crippen molar-refractivity contribution in [2.75, 3.05) is 26.3 Å². The molecule has 2 heterocycles. The molecule has 3 rings (SSSR count). The molecule has 10 heteroatoms. The monoisotopic (exact) mass is 374 g/mol. The van der Waals surface area contributed by atoms with E-state index in [4.69, 9.17) is 9.84 Å². The second-order valence-corrected chi connectivity index (χ2v) is 8.63. The first-order valence-electron chi connectivity index (χ1n) is 7.58. The predicted octanol–water partition coefficient (Wildman–Crippen LogP) is 0.362. The summed E-state index contributed by atoms with van der Waals surface area (Å²) in [5.74, 6) is -1.77. The van der Waals surface area contributed by atoms with Crippen LogP contribution in [0.1, 0.15) is 22.5 Å². The Hall–Kier alpha value is -1.49. The van der Waals surface area contributed by atoms with Crippen LogP contribution >= 0.6 is 11.3 Å². The van der Waals surface area contributed by atoms with Gasteiger partial charge in [0.15, 0.2) is 0 Å². The minimum Gasteiger partial charge on any atom is -0.481 e. The number of rotatable bonds is 5. The smallest absolute Gasteiger partial charge is 0.306 e. The second-order valence-electron chi connectivity index (χ2n) is 5.81. The van der Waals surface area contributed by atoms with Crippen molar-refractivity contribution < 1.29 is 27.9 Å². The largest absolute Gasteiger partial charge is 0.481 e. The van der Waals surface area contributed by atoms with Crippen molar-refractivity contribution in [2.45, 2.75) is 23.8 Å². The number of aliphatic carboxylic acids is 1. The van der Waals surface area contributed by atoms with Crippen LogP contribution in [0.25, 0.3) is 0 Å². The second kappa shape index (κ2) is 6.79. The van der Waals surface area contributed by atoms with Crippen molar-refractivity contribution in [2.24, 2.45) is 5.92 Å². The fourth-order valence-corrected chi connectivity index (χ4v) is 5.49. The summed E-state index contributed by atoms with van der Waals surface area (Å²) in [4.78, 5) is 23.3. The summed E-state index contributed by atoms with van der Waals surface area (Å²) in [6.07, 6.45) is 0.746. The standard InChI is InChI=1S/C14H18N2O6S2/c17-13(15-10-7-9(8-10)14(18)19)12-11(1-6-23-12)24(20,21)16-2-4-22-5-3-16/h1,6,9-10H,2-5,7-8H2,(H,15,17)(H,18,19). The third-order valence-electron chi connectivity index (χ3n) is 4.25. The SMILES string of the molecule is O=C(NC1CC(C(=O)O)C1)c1sccc1S(=O)(=O)N1CCOCC1. The molecule has 0 bridgehead atoms. The Balaban J connectivity index is 1.71. The fourth-order valence-electron chi connectivity index (χ4n) is 2.78. The van der Waals surface area contributed by atoms with E-state index in [9.17, 15) is 18.0 Å². The zero-order valence-electron chi connectivity index (χ0n) is 12.8. The molecule has 0 atom stereocenters. The van der Waals surface area contributed by atoms with Gasteiger partial charge < -0.3 is 15.2 Å². The van der Waals surface area contributed by atoms with Crippen LogP contribution in [-0.2, 0) is 19.6 Å². The topological polar surface area (TPSA) is 113 Å². The van der Waals surface area contributed by atoms with Gasteiger partial charge in [-0.2, -0.15) is 4.31 Å². The van der Waals surface area contributed by atoms with Gasteiger partial charge in [-0.3, -0.25) is 9.59 Å². The van der Waals surface area contributed by atoms with Gasteiger partial charge in [-0.25, -0.2) is 8.42 Å². The summed E-state index contributed by atoms with van der Waals surface area (Å²) in [5.41, 5.74) is 0. The molecule has 1 saturated heterocycles. The number of carbonyl (C=O) groups is 2. The number of hydrogen-bond donors (Lipinski definition) is 2. The molecule has 0 spiro atoms. The van der Waals surface area contributed by atoms with E-state index in [2.05, 4.69) is 5.32 Å². The van der Waals surface area contributed by atoms with E-state index < -0.39 is 27.8 Å². The summed E-state index contributed by atoms with van der Waals surface area (Å²) >= 11 is 1.07. The first-order chi connectivity index (χ1) is 11.4. The molecule has 0 unspecified atom stereocenters. The molecule has 2 fully saturated rings. The molecular weight excluding hydrogens is 356 g/mol. The number of carboxylic acids is 1. The Labute approximate surface area is 143 Å². The average molecular weight is 374 g/mol. The lowest BCUT2D eigenvalue weighted by Gasteiger charge is -2.32. The Morgan fingerprint density at radius 1 is 1.29 bits per heavy atom.